The number of halogens is 3. The van der Waals surface area contributed by atoms with Crippen molar-refractivity contribution in [3.05, 3.63) is 70.1 Å². The minimum absolute atomic E-state index is 0.0374. The van der Waals surface area contributed by atoms with Gasteiger partial charge in [0.2, 0.25) is 10.9 Å². The highest BCUT2D eigenvalue weighted by Gasteiger charge is 2.25. The van der Waals surface area contributed by atoms with Gasteiger partial charge < -0.3 is 0 Å². The average molecular weight is 472 g/mol. The van der Waals surface area contributed by atoms with Gasteiger partial charge in [-0.2, -0.15) is 8.96 Å². The smallest absolute Gasteiger partial charge is 0.232 e. The van der Waals surface area contributed by atoms with E-state index in [0.717, 1.165) is 3.97 Å². The van der Waals surface area contributed by atoms with Crippen molar-refractivity contribution in [3.63, 3.8) is 0 Å². The summed E-state index contributed by atoms with van der Waals surface area (Å²) in [4.78, 5) is 13.4. The van der Waals surface area contributed by atoms with Gasteiger partial charge in [0.15, 0.2) is 5.65 Å². The van der Waals surface area contributed by atoms with Crippen molar-refractivity contribution in [3.8, 4) is 0 Å². The van der Waals surface area contributed by atoms with Crippen LogP contribution in [-0.4, -0.2) is 27.3 Å². The molecule has 4 aromatic rings. The van der Waals surface area contributed by atoms with E-state index in [0.29, 0.717) is 20.0 Å². The van der Waals surface area contributed by atoms with Crippen LogP contribution in [0.1, 0.15) is 0 Å². The Morgan fingerprint density at radius 1 is 0.929 bits per heavy atom. The maximum atomic E-state index is 12.9. The van der Waals surface area contributed by atoms with E-state index in [1.807, 2.05) is 0 Å². The third kappa shape index (κ3) is 3.46. The lowest BCUT2D eigenvalue weighted by Gasteiger charge is -2.07. The minimum atomic E-state index is -3.96. The number of aromatic nitrogens is 4. The summed E-state index contributed by atoms with van der Waals surface area (Å²) in [6.45, 7) is 0. The van der Waals surface area contributed by atoms with Crippen LogP contribution in [0.25, 0.3) is 11.3 Å². The first-order valence-corrected chi connectivity index (χ1v) is 11.1. The largest absolute Gasteiger partial charge is 0.271 e. The van der Waals surface area contributed by atoms with E-state index in [9.17, 15) is 8.42 Å². The van der Waals surface area contributed by atoms with E-state index in [-0.39, 0.29) is 21.5 Å². The van der Waals surface area contributed by atoms with Gasteiger partial charge in [-0.1, -0.05) is 59.2 Å². The fourth-order valence-electron chi connectivity index (χ4n) is 2.43. The Morgan fingerprint density at radius 2 is 1.68 bits per heavy atom. The van der Waals surface area contributed by atoms with Crippen molar-refractivity contribution < 1.29 is 8.42 Å². The zero-order chi connectivity index (χ0) is 19.9. The molecule has 4 rings (SSSR count). The highest BCUT2D eigenvalue weighted by molar-refractivity contribution is 7.99. The van der Waals surface area contributed by atoms with E-state index in [1.54, 1.807) is 36.4 Å². The Labute approximate surface area is 179 Å². The Kier molecular flexibility index (Phi) is 5.24. The van der Waals surface area contributed by atoms with Crippen LogP contribution in [0.5, 0.6) is 0 Å². The quantitative estimate of drug-likeness (QED) is 0.408. The van der Waals surface area contributed by atoms with Crippen LogP contribution in [0.2, 0.25) is 15.3 Å². The maximum Gasteiger partial charge on any atom is 0.271 e. The predicted octanol–water partition coefficient (Wildman–Crippen LogP) is 5.17. The van der Waals surface area contributed by atoms with Crippen molar-refractivity contribution >= 4 is 67.9 Å². The maximum absolute atomic E-state index is 12.9. The molecule has 0 N–H and O–H groups in total. The molecule has 2 heterocycles. The molecule has 0 fully saturated rings. The van der Waals surface area contributed by atoms with Gasteiger partial charge in [0.1, 0.15) is 5.03 Å². The predicted molar refractivity (Wildman–Crippen MR) is 110 cm³/mol. The summed E-state index contributed by atoms with van der Waals surface area (Å²) in [5, 5.41) is 1.03. The lowest BCUT2D eigenvalue weighted by Crippen LogP contribution is -2.13. The molecule has 2 aromatic heterocycles. The summed E-state index contributed by atoms with van der Waals surface area (Å²) in [6.07, 6.45) is 1.43. The summed E-state index contributed by atoms with van der Waals surface area (Å²) in [7, 11) is -3.96. The molecule has 0 atom stereocenters. The highest BCUT2D eigenvalue weighted by atomic mass is 35.5. The second-order valence-electron chi connectivity index (χ2n) is 5.47. The van der Waals surface area contributed by atoms with E-state index in [4.69, 9.17) is 34.8 Å². The van der Waals surface area contributed by atoms with E-state index in [1.165, 1.54) is 30.1 Å². The third-order valence-corrected chi connectivity index (χ3v) is 7.63. The van der Waals surface area contributed by atoms with Crippen molar-refractivity contribution in [1.82, 2.24) is 18.9 Å². The van der Waals surface area contributed by atoms with Crippen LogP contribution in [0.3, 0.4) is 0 Å². The molecule has 0 spiro atoms. The molecule has 0 bridgehead atoms. The summed E-state index contributed by atoms with van der Waals surface area (Å²) in [6, 6.07) is 13.1. The van der Waals surface area contributed by atoms with Crippen LogP contribution in [-0.2, 0) is 10.0 Å². The zero-order valence-electron chi connectivity index (χ0n) is 13.8. The molecule has 11 heteroatoms. The number of hydrogen-bond acceptors (Lipinski definition) is 6. The van der Waals surface area contributed by atoms with Crippen LogP contribution < -0.4 is 0 Å². The van der Waals surface area contributed by atoms with Crippen molar-refractivity contribution in [2.24, 2.45) is 0 Å². The molecule has 0 aliphatic heterocycles. The normalized spacial score (nSPS) is 11.8. The number of benzene rings is 2. The van der Waals surface area contributed by atoms with Gasteiger partial charge >= 0.3 is 0 Å². The van der Waals surface area contributed by atoms with Crippen molar-refractivity contribution in [1.29, 1.82) is 0 Å². The molecule has 0 saturated carbocycles. The van der Waals surface area contributed by atoms with Gasteiger partial charge in [0.05, 0.1) is 21.1 Å². The zero-order valence-corrected chi connectivity index (χ0v) is 17.7. The lowest BCUT2D eigenvalue weighted by atomic mass is 10.4. The van der Waals surface area contributed by atoms with E-state index in [2.05, 4.69) is 15.0 Å². The Balaban J connectivity index is 1.78. The first-order valence-electron chi connectivity index (χ1n) is 7.71. The van der Waals surface area contributed by atoms with Crippen molar-refractivity contribution in [2.45, 2.75) is 14.8 Å². The highest BCUT2D eigenvalue weighted by Crippen LogP contribution is 2.36. The van der Waals surface area contributed by atoms with Gasteiger partial charge in [-0.25, -0.2) is 18.4 Å². The second-order valence-corrected chi connectivity index (χ2v) is 9.44. The molecule has 0 aliphatic rings. The molecule has 0 radical (unpaired) electrons. The van der Waals surface area contributed by atoms with Crippen molar-refractivity contribution in [2.75, 3.05) is 0 Å². The van der Waals surface area contributed by atoms with Gasteiger partial charge in [-0.3, -0.25) is 0 Å². The second kappa shape index (κ2) is 7.53. The lowest BCUT2D eigenvalue weighted by molar-refractivity contribution is 0.588. The Hall–Kier alpha value is -1.84. The summed E-state index contributed by atoms with van der Waals surface area (Å²) < 4.78 is 26.7. The summed E-state index contributed by atoms with van der Waals surface area (Å²) in [5.74, 6) is 0. The number of imidazole rings is 1. The van der Waals surface area contributed by atoms with Gasteiger partial charge in [-0.05, 0) is 35.9 Å². The van der Waals surface area contributed by atoms with E-state index >= 15 is 0 Å². The molecule has 142 valence electrons. The topological polar surface area (TPSA) is 77.7 Å². The average Bonchev–Trinajstić information content (AvgIpc) is 3.02. The molecular formula is C17H9Cl3N4O2S2. The SMILES string of the molecule is O=S(=O)(c1ccccc1)n1c(Cl)nc2nc(Sc3cccc(Cl)c3Cl)cnc21. The van der Waals surface area contributed by atoms with E-state index < -0.39 is 10.0 Å². The molecule has 0 aliphatic carbocycles. The number of fused-ring (bicyclic) bond motifs is 1. The Bertz CT molecular complexity index is 1290. The minimum Gasteiger partial charge on any atom is -0.232 e. The third-order valence-electron chi connectivity index (χ3n) is 3.68. The van der Waals surface area contributed by atoms with Gasteiger partial charge in [-0.15, -0.1) is 0 Å². The number of hydrogen-bond donors (Lipinski definition) is 0. The number of nitrogens with zero attached hydrogens (tertiary/aromatic N) is 4. The van der Waals surface area contributed by atoms with Gasteiger partial charge in [0, 0.05) is 4.90 Å². The van der Waals surface area contributed by atoms with Crippen LogP contribution in [0.4, 0.5) is 0 Å². The van der Waals surface area contributed by atoms with Gasteiger partial charge in [0.25, 0.3) is 10.0 Å². The van der Waals surface area contributed by atoms with Crippen LogP contribution >= 0.6 is 46.6 Å². The fourth-order valence-corrected chi connectivity index (χ4v) is 5.45. The Morgan fingerprint density at radius 3 is 2.43 bits per heavy atom. The molecule has 0 amide bonds. The first-order chi connectivity index (χ1) is 13.4. The summed E-state index contributed by atoms with van der Waals surface area (Å²) >= 11 is 19.6. The first kappa shape index (κ1) is 19.5. The molecule has 0 saturated heterocycles. The molecule has 28 heavy (non-hydrogen) atoms. The summed E-state index contributed by atoms with van der Waals surface area (Å²) in [5.41, 5.74) is 0.142. The molecule has 0 unspecified atom stereocenters. The molecular weight excluding hydrogens is 463 g/mol. The molecule has 2 aromatic carbocycles. The molecule has 6 nitrogen and oxygen atoms in total. The monoisotopic (exact) mass is 470 g/mol. The number of rotatable bonds is 4. The fraction of sp³-hybridized carbons (Fsp3) is 0. The standard InChI is InChI=1S/C17H9Cl3N4O2S2/c18-11-7-4-8-12(14(11)19)27-13-9-21-16-15(22-13)23-17(20)24(16)28(25,26)10-5-2-1-3-6-10/h1-9H. The van der Waals surface area contributed by atoms with Crippen LogP contribution in [0.15, 0.2) is 69.5 Å². The van der Waals surface area contributed by atoms with Crippen LogP contribution in [0, 0.1) is 0 Å².